The summed E-state index contributed by atoms with van der Waals surface area (Å²) in [7, 11) is 0. The minimum Gasteiger partial charge on any atom is -0.491 e. The smallest absolute Gasteiger partial charge is 0.255 e. The number of fused-ring (bicyclic) bond motifs is 1. The Hall–Kier alpha value is -3.00. The Bertz CT molecular complexity index is 1150. The van der Waals surface area contributed by atoms with Crippen LogP contribution in [0.25, 0.3) is 10.9 Å². The van der Waals surface area contributed by atoms with Crippen molar-refractivity contribution in [1.82, 2.24) is 10.3 Å². The fourth-order valence-corrected chi connectivity index (χ4v) is 4.67. The molecule has 0 unspecified atom stereocenters. The van der Waals surface area contributed by atoms with Gasteiger partial charge < -0.3 is 24.8 Å². The van der Waals surface area contributed by atoms with Crippen LogP contribution in [-0.4, -0.2) is 49.5 Å². The van der Waals surface area contributed by atoms with Gasteiger partial charge in [-0.05, 0) is 80.1 Å². The standard InChI is InChI=1S/C28H33N3O4/c1-19-26(31-28(32)21-6-9-23(10-7-21)35-18-25-5-3-13-34-25)11-8-22-14-20(16-30-27(19)22)15-29-17-24-4-2-12-33-24/h6-11,14,16,24-25,29H,2-5,12-13,15,17-18H2,1H3,(H,31,32)/t24-,25+/m1/s1. The molecule has 1 aromatic heterocycles. The van der Waals surface area contributed by atoms with Crippen LogP contribution in [0, 0.1) is 6.92 Å². The molecule has 3 aromatic rings. The van der Waals surface area contributed by atoms with Crippen molar-refractivity contribution < 1.29 is 19.0 Å². The lowest BCUT2D eigenvalue weighted by molar-refractivity contribution is 0.0679. The van der Waals surface area contributed by atoms with Gasteiger partial charge in [-0.15, -0.1) is 0 Å². The van der Waals surface area contributed by atoms with Gasteiger partial charge in [0.1, 0.15) is 12.4 Å². The molecule has 0 radical (unpaired) electrons. The first-order chi connectivity index (χ1) is 17.2. The topological polar surface area (TPSA) is 81.7 Å². The minimum atomic E-state index is -0.159. The highest BCUT2D eigenvalue weighted by molar-refractivity contribution is 6.06. The van der Waals surface area contributed by atoms with E-state index in [0.29, 0.717) is 18.3 Å². The lowest BCUT2D eigenvalue weighted by Gasteiger charge is -2.13. The number of carbonyl (C=O) groups is 1. The van der Waals surface area contributed by atoms with Gasteiger partial charge in [-0.3, -0.25) is 9.78 Å². The predicted octanol–water partition coefficient (Wildman–Crippen LogP) is 4.62. The number of carbonyl (C=O) groups excluding carboxylic acids is 1. The molecule has 1 amide bonds. The zero-order valence-electron chi connectivity index (χ0n) is 20.2. The zero-order valence-corrected chi connectivity index (χ0v) is 20.2. The van der Waals surface area contributed by atoms with Crippen molar-refractivity contribution in [3.8, 4) is 5.75 Å². The van der Waals surface area contributed by atoms with Gasteiger partial charge in [0.25, 0.3) is 5.91 Å². The summed E-state index contributed by atoms with van der Waals surface area (Å²) in [5.74, 6) is 0.581. The predicted molar refractivity (Wildman–Crippen MR) is 136 cm³/mol. The van der Waals surface area contributed by atoms with Crippen LogP contribution in [0.3, 0.4) is 0 Å². The average Bonchev–Trinajstić information content (AvgIpc) is 3.59. The molecule has 7 nitrogen and oxygen atoms in total. The Labute approximate surface area is 206 Å². The van der Waals surface area contributed by atoms with Gasteiger partial charge in [-0.2, -0.15) is 0 Å². The van der Waals surface area contributed by atoms with E-state index in [1.807, 2.05) is 37.4 Å². The number of nitrogens with one attached hydrogen (secondary N) is 2. The number of nitrogens with zero attached hydrogens (tertiary/aromatic N) is 1. The molecular weight excluding hydrogens is 442 g/mol. The maximum Gasteiger partial charge on any atom is 0.255 e. The number of pyridine rings is 1. The van der Waals surface area contributed by atoms with Crippen molar-refractivity contribution in [3.63, 3.8) is 0 Å². The van der Waals surface area contributed by atoms with Crippen molar-refractivity contribution >= 4 is 22.5 Å². The SMILES string of the molecule is Cc1c(NC(=O)c2ccc(OC[C@@H]3CCCO3)cc2)ccc2cc(CNC[C@H]3CCCO3)cnc12. The van der Waals surface area contributed by atoms with Crippen LogP contribution in [0.1, 0.15) is 47.2 Å². The van der Waals surface area contributed by atoms with Crippen LogP contribution >= 0.6 is 0 Å². The maximum absolute atomic E-state index is 12.9. The summed E-state index contributed by atoms with van der Waals surface area (Å²) in [6, 6.07) is 13.3. The number of aryl methyl sites for hydroxylation is 1. The molecule has 35 heavy (non-hydrogen) atoms. The highest BCUT2D eigenvalue weighted by Crippen LogP contribution is 2.25. The van der Waals surface area contributed by atoms with Gasteiger partial charge in [-0.25, -0.2) is 0 Å². The highest BCUT2D eigenvalue weighted by Gasteiger charge is 2.17. The van der Waals surface area contributed by atoms with Crippen LogP contribution in [0.4, 0.5) is 5.69 Å². The van der Waals surface area contributed by atoms with Gasteiger partial charge in [0.2, 0.25) is 0 Å². The van der Waals surface area contributed by atoms with E-state index in [9.17, 15) is 4.79 Å². The summed E-state index contributed by atoms with van der Waals surface area (Å²) in [6.07, 6.45) is 6.80. The third kappa shape index (κ3) is 5.99. The Kier molecular flexibility index (Phi) is 7.57. The number of anilines is 1. The first kappa shape index (κ1) is 23.7. The first-order valence-corrected chi connectivity index (χ1v) is 12.5. The van der Waals surface area contributed by atoms with E-state index in [2.05, 4.69) is 21.7 Å². The summed E-state index contributed by atoms with van der Waals surface area (Å²) >= 11 is 0. The molecule has 0 spiro atoms. The number of aromatic nitrogens is 1. The molecule has 2 aromatic carbocycles. The molecular formula is C28H33N3O4. The monoisotopic (exact) mass is 475 g/mol. The van der Waals surface area contributed by atoms with E-state index in [1.165, 1.54) is 0 Å². The van der Waals surface area contributed by atoms with Gasteiger partial charge in [0.05, 0.1) is 17.7 Å². The van der Waals surface area contributed by atoms with Crippen molar-refractivity contribution in [2.75, 3.05) is 31.7 Å². The third-order valence-corrected chi connectivity index (χ3v) is 6.71. The molecule has 2 fully saturated rings. The van der Waals surface area contributed by atoms with Gasteiger partial charge in [-0.1, -0.05) is 6.07 Å². The summed E-state index contributed by atoms with van der Waals surface area (Å²) in [5.41, 5.74) is 4.32. The van der Waals surface area contributed by atoms with Crippen LogP contribution in [-0.2, 0) is 16.0 Å². The average molecular weight is 476 g/mol. The van der Waals surface area contributed by atoms with Crippen molar-refractivity contribution in [3.05, 3.63) is 65.4 Å². The summed E-state index contributed by atoms with van der Waals surface area (Å²) < 4.78 is 17.0. The van der Waals surface area contributed by atoms with E-state index in [-0.39, 0.29) is 12.0 Å². The molecule has 2 aliphatic rings. The molecule has 5 rings (SSSR count). The number of rotatable bonds is 9. The van der Waals surface area contributed by atoms with Crippen LogP contribution < -0.4 is 15.4 Å². The second-order valence-electron chi connectivity index (χ2n) is 9.34. The molecule has 184 valence electrons. The Morgan fingerprint density at radius 1 is 1.06 bits per heavy atom. The lowest BCUT2D eigenvalue weighted by Crippen LogP contribution is -2.25. The largest absolute Gasteiger partial charge is 0.491 e. The van der Waals surface area contributed by atoms with Gasteiger partial charge >= 0.3 is 0 Å². The maximum atomic E-state index is 12.9. The minimum absolute atomic E-state index is 0.159. The Morgan fingerprint density at radius 3 is 2.57 bits per heavy atom. The van der Waals surface area contributed by atoms with Crippen LogP contribution in [0.5, 0.6) is 5.75 Å². The second kappa shape index (κ2) is 11.2. The van der Waals surface area contributed by atoms with Crippen molar-refractivity contribution in [2.45, 2.75) is 51.4 Å². The molecule has 7 heteroatoms. The quantitative estimate of drug-likeness (QED) is 0.470. The second-order valence-corrected chi connectivity index (χ2v) is 9.34. The van der Waals surface area contributed by atoms with Crippen molar-refractivity contribution in [1.29, 1.82) is 0 Å². The number of benzene rings is 2. The van der Waals surface area contributed by atoms with Crippen LogP contribution in [0.2, 0.25) is 0 Å². The molecule has 2 aliphatic heterocycles. The summed E-state index contributed by atoms with van der Waals surface area (Å²) in [4.78, 5) is 17.5. The first-order valence-electron chi connectivity index (χ1n) is 12.5. The van der Waals surface area contributed by atoms with Crippen LogP contribution in [0.15, 0.2) is 48.7 Å². The molecule has 2 saturated heterocycles. The van der Waals surface area contributed by atoms with Crippen molar-refractivity contribution in [2.24, 2.45) is 0 Å². The fourth-order valence-electron chi connectivity index (χ4n) is 4.67. The van der Waals surface area contributed by atoms with E-state index in [0.717, 1.165) is 85.5 Å². The zero-order chi connectivity index (χ0) is 24.0. The number of ether oxygens (including phenoxy) is 3. The van der Waals surface area contributed by atoms with E-state index >= 15 is 0 Å². The summed E-state index contributed by atoms with van der Waals surface area (Å²) in [6.45, 7) is 5.84. The lowest BCUT2D eigenvalue weighted by atomic mass is 10.1. The molecule has 0 bridgehead atoms. The number of hydrogen-bond donors (Lipinski definition) is 2. The Balaban J connectivity index is 1.18. The molecule has 2 N–H and O–H groups in total. The Morgan fingerprint density at radius 2 is 1.83 bits per heavy atom. The number of hydrogen-bond acceptors (Lipinski definition) is 6. The van der Waals surface area contributed by atoms with E-state index in [4.69, 9.17) is 14.2 Å². The summed E-state index contributed by atoms with van der Waals surface area (Å²) in [5, 5.41) is 7.56. The van der Waals surface area contributed by atoms with E-state index in [1.54, 1.807) is 12.1 Å². The van der Waals surface area contributed by atoms with E-state index < -0.39 is 0 Å². The van der Waals surface area contributed by atoms with Gasteiger partial charge in [0.15, 0.2) is 0 Å². The number of amides is 1. The molecule has 0 saturated carbocycles. The normalized spacial score (nSPS) is 19.8. The third-order valence-electron chi connectivity index (χ3n) is 6.71. The fraction of sp³-hybridized carbons (Fsp3) is 0.429. The molecule has 0 aliphatic carbocycles. The molecule has 2 atom stereocenters. The molecule has 3 heterocycles. The highest BCUT2D eigenvalue weighted by atomic mass is 16.5. The van der Waals surface area contributed by atoms with Gasteiger partial charge in [0, 0.05) is 49.1 Å².